The van der Waals surface area contributed by atoms with Gasteiger partial charge in [0, 0.05) is 6.07 Å². The highest BCUT2D eigenvalue weighted by molar-refractivity contribution is 7.92. The van der Waals surface area contributed by atoms with Crippen LogP contribution in [0.2, 0.25) is 0 Å². The average Bonchev–Trinajstić information content (AvgIpc) is 2.74. The summed E-state index contributed by atoms with van der Waals surface area (Å²) in [7, 11) is -2.38. The molecule has 2 aromatic rings. The summed E-state index contributed by atoms with van der Waals surface area (Å²) in [6, 6.07) is 4.06. The number of methoxy groups -OCH3 is 1. The van der Waals surface area contributed by atoms with Gasteiger partial charge < -0.3 is 14.9 Å². The quantitative estimate of drug-likeness (QED) is 0.821. The second kappa shape index (κ2) is 4.81. The molecule has 2 rings (SSSR count). The molecule has 3 N–H and O–H groups in total. The molecule has 0 saturated heterocycles. The number of sulfonamides is 1. The summed E-state index contributed by atoms with van der Waals surface area (Å²) < 4.78 is 36.3. The van der Waals surface area contributed by atoms with E-state index in [0.29, 0.717) is 11.4 Å². The number of hydrogen-bond donors (Lipinski definition) is 2. The molecule has 0 saturated carbocycles. The van der Waals surface area contributed by atoms with Crippen LogP contribution in [-0.2, 0) is 10.0 Å². The summed E-state index contributed by atoms with van der Waals surface area (Å²) >= 11 is 0. The summed E-state index contributed by atoms with van der Waals surface area (Å²) in [5.74, 6) is 0.284. The average molecular weight is 283 g/mol. The van der Waals surface area contributed by atoms with E-state index in [-0.39, 0.29) is 16.7 Å². The normalized spacial score (nSPS) is 11.3. The Morgan fingerprint density at radius 1 is 1.42 bits per heavy atom. The van der Waals surface area contributed by atoms with Gasteiger partial charge in [-0.3, -0.25) is 0 Å². The highest BCUT2D eigenvalue weighted by Gasteiger charge is 2.18. The van der Waals surface area contributed by atoms with Crippen LogP contribution in [0.4, 0.5) is 11.7 Å². The van der Waals surface area contributed by atoms with Gasteiger partial charge in [0.15, 0.2) is 0 Å². The molecule has 0 fully saturated rings. The van der Waals surface area contributed by atoms with Crippen molar-refractivity contribution in [2.24, 2.45) is 0 Å². The number of ether oxygens (including phenoxy) is 1. The SMILES string of the molecule is COc1cc(S(=O)(=O)Nc2nc(C)co2)ccc1N. The van der Waals surface area contributed by atoms with E-state index in [4.69, 9.17) is 14.9 Å². The molecule has 1 heterocycles. The van der Waals surface area contributed by atoms with Crippen molar-refractivity contribution in [3.63, 3.8) is 0 Å². The summed E-state index contributed by atoms with van der Waals surface area (Å²) in [4.78, 5) is 3.88. The van der Waals surface area contributed by atoms with Gasteiger partial charge in [-0.05, 0) is 19.1 Å². The number of aryl methyl sites for hydroxylation is 1. The number of oxazole rings is 1. The Kier molecular flexibility index (Phi) is 3.34. The lowest BCUT2D eigenvalue weighted by atomic mass is 10.3. The number of aromatic nitrogens is 1. The molecule has 102 valence electrons. The smallest absolute Gasteiger partial charge is 0.309 e. The standard InChI is InChI=1S/C11H13N3O4S/c1-7-6-18-11(13-7)14-19(15,16)8-3-4-9(12)10(5-8)17-2/h3-6H,12H2,1-2H3,(H,13,14). The molecule has 1 aromatic carbocycles. The predicted molar refractivity (Wildman–Crippen MR) is 69.5 cm³/mol. The minimum atomic E-state index is -3.79. The topological polar surface area (TPSA) is 107 Å². The second-order valence-electron chi connectivity index (χ2n) is 3.80. The summed E-state index contributed by atoms with van der Waals surface area (Å²) in [5, 5.41) is 0. The monoisotopic (exact) mass is 283 g/mol. The van der Waals surface area contributed by atoms with E-state index in [1.54, 1.807) is 6.92 Å². The first-order valence-corrected chi connectivity index (χ1v) is 6.79. The molecular weight excluding hydrogens is 270 g/mol. The van der Waals surface area contributed by atoms with Gasteiger partial charge in [-0.15, -0.1) is 0 Å². The fraction of sp³-hybridized carbons (Fsp3) is 0.182. The Morgan fingerprint density at radius 3 is 2.74 bits per heavy atom. The molecule has 8 heteroatoms. The van der Waals surface area contributed by atoms with Gasteiger partial charge >= 0.3 is 6.01 Å². The molecule has 0 aliphatic rings. The van der Waals surface area contributed by atoms with Crippen LogP contribution in [0.3, 0.4) is 0 Å². The number of rotatable bonds is 4. The van der Waals surface area contributed by atoms with Crippen molar-refractivity contribution in [3.05, 3.63) is 30.2 Å². The predicted octanol–water partition coefficient (Wildman–Crippen LogP) is 1.37. The Labute approximate surface area is 110 Å². The molecule has 0 aliphatic heterocycles. The minimum absolute atomic E-state index is 0.00871. The van der Waals surface area contributed by atoms with Crippen molar-refractivity contribution in [2.45, 2.75) is 11.8 Å². The number of benzene rings is 1. The molecule has 0 radical (unpaired) electrons. The third-order valence-corrected chi connectivity index (χ3v) is 3.67. The van der Waals surface area contributed by atoms with Crippen LogP contribution in [0.1, 0.15) is 5.69 Å². The Morgan fingerprint density at radius 2 is 2.16 bits per heavy atom. The van der Waals surface area contributed by atoms with E-state index in [1.807, 2.05) is 0 Å². The van der Waals surface area contributed by atoms with Crippen molar-refractivity contribution in [1.29, 1.82) is 0 Å². The van der Waals surface area contributed by atoms with Gasteiger partial charge in [0.25, 0.3) is 10.0 Å². The van der Waals surface area contributed by atoms with E-state index in [9.17, 15) is 8.42 Å². The fourth-order valence-electron chi connectivity index (χ4n) is 1.43. The summed E-state index contributed by atoms with van der Waals surface area (Å²) in [6.07, 6.45) is 1.35. The lowest BCUT2D eigenvalue weighted by Gasteiger charge is -2.08. The van der Waals surface area contributed by atoms with Crippen molar-refractivity contribution < 1.29 is 17.6 Å². The molecular formula is C11H13N3O4S. The maximum Gasteiger partial charge on any atom is 0.309 e. The first-order chi connectivity index (χ1) is 8.92. The number of hydrogen-bond acceptors (Lipinski definition) is 6. The van der Waals surface area contributed by atoms with E-state index in [2.05, 4.69) is 9.71 Å². The van der Waals surface area contributed by atoms with Crippen LogP contribution in [-0.4, -0.2) is 20.5 Å². The second-order valence-corrected chi connectivity index (χ2v) is 5.49. The van der Waals surface area contributed by atoms with Crippen LogP contribution in [0, 0.1) is 6.92 Å². The fourth-order valence-corrected chi connectivity index (χ4v) is 2.38. The Hall–Kier alpha value is -2.22. The maximum absolute atomic E-state index is 12.1. The van der Waals surface area contributed by atoms with Crippen LogP contribution in [0.5, 0.6) is 5.75 Å². The number of nitrogens with one attached hydrogen (secondary N) is 1. The van der Waals surface area contributed by atoms with E-state index in [1.165, 1.54) is 31.6 Å². The summed E-state index contributed by atoms with van der Waals surface area (Å²) in [5.41, 5.74) is 6.56. The molecule has 0 amide bonds. The van der Waals surface area contributed by atoms with Crippen molar-refractivity contribution in [1.82, 2.24) is 4.98 Å². The van der Waals surface area contributed by atoms with Gasteiger partial charge in [0.2, 0.25) is 0 Å². The maximum atomic E-state index is 12.1. The van der Waals surface area contributed by atoms with Gasteiger partial charge in [0.05, 0.1) is 23.4 Å². The van der Waals surface area contributed by atoms with E-state index in [0.717, 1.165) is 0 Å². The molecule has 19 heavy (non-hydrogen) atoms. The third-order valence-electron chi connectivity index (χ3n) is 2.36. The van der Waals surface area contributed by atoms with Gasteiger partial charge in [-0.1, -0.05) is 0 Å². The van der Waals surface area contributed by atoms with Crippen molar-refractivity contribution in [2.75, 3.05) is 17.6 Å². The Balaban J connectivity index is 2.34. The molecule has 7 nitrogen and oxygen atoms in total. The Bertz CT molecular complexity index is 694. The zero-order valence-corrected chi connectivity index (χ0v) is 11.2. The third kappa shape index (κ3) is 2.79. The highest BCUT2D eigenvalue weighted by Crippen LogP contribution is 2.25. The van der Waals surface area contributed by atoms with Crippen molar-refractivity contribution >= 4 is 21.7 Å². The highest BCUT2D eigenvalue weighted by atomic mass is 32.2. The molecule has 0 atom stereocenters. The molecule has 0 spiro atoms. The first-order valence-electron chi connectivity index (χ1n) is 5.31. The van der Waals surface area contributed by atoms with Crippen molar-refractivity contribution in [3.8, 4) is 5.75 Å². The molecule has 0 aliphatic carbocycles. The molecule has 0 bridgehead atoms. The minimum Gasteiger partial charge on any atom is -0.495 e. The van der Waals surface area contributed by atoms with Crippen LogP contribution < -0.4 is 15.2 Å². The number of nitrogens with zero attached hydrogens (tertiary/aromatic N) is 1. The van der Waals surface area contributed by atoms with E-state index >= 15 is 0 Å². The van der Waals surface area contributed by atoms with Crippen LogP contribution in [0.25, 0.3) is 0 Å². The first kappa shape index (κ1) is 13.2. The van der Waals surface area contributed by atoms with Gasteiger partial charge in [-0.2, -0.15) is 4.98 Å². The van der Waals surface area contributed by atoms with Gasteiger partial charge in [0.1, 0.15) is 12.0 Å². The van der Waals surface area contributed by atoms with Gasteiger partial charge in [-0.25, -0.2) is 13.1 Å². The van der Waals surface area contributed by atoms with Crippen LogP contribution in [0.15, 0.2) is 33.8 Å². The number of anilines is 2. The zero-order valence-electron chi connectivity index (χ0n) is 10.4. The number of nitrogen functional groups attached to an aromatic ring is 1. The number of nitrogens with two attached hydrogens (primary N) is 1. The summed E-state index contributed by atoms with van der Waals surface area (Å²) in [6.45, 7) is 1.69. The van der Waals surface area contributed by atoms with E-state index < -0.39 is 10.0 Å². The van der Waals surface area contributed by atoms with Crippen LogP contribution >= 0.6 is 0 Å². The molecule has 1 aromatic heterocycles. The lowest BCUT2D eigenvalue weighted by molar-refractivity contribution is 0.415. The lowest BCUT2D eigenvalue weighted by Crippen LogP contribution is -2.13. The largest absolute Gasteiger partial charge is 0.495 e. The molecule has 0 unspecified atom stereocenters. The zero-order chi connectivity index (χ0) is 14.0.